The molecule has 0 spiro atoms. The SMILES string of the molecule is c1ccc2c(-c3ccc(-c4nc(-c5ccc(-c6nc(-c7ccc(-c8cccc9ccccc89)cc7)nc7ccccc67)cc5)c5ccccc5n4)cc3)cccc2c1. The maximum atomic E-state index is 5.21. The van der Waals surface area contributed by atoms with E-state index >= 15 is 0 Å². The van der Waals surface area contributed by atoms with Crippen molar-refractivity contribution in [3.63, 3.8) is 0 Å². The Labute approximate surface area is 335 Å². The van der Waals surface area contributed by atoms with E-state index in [9.17, 15) is 0 Å². The van der Waals surface area contributed by atoms with Crippen molar-refractivity contribution in [3.8, 4) is 67.5 Å². The molecule has 0 N–H and O–H groups in total. The van der Waals surface area contributed by atoms with Crippen LogP contribution in [0.15, 0.2) is 206 Å². The number of nitrogens with zero attached hydrogens (tertiary/aromatic N) is 4. The fraction of sp³-hybridized carbons (Fsp3) is 0. The zero-order valence-corrected chi connectivity index (χ0v) is 31.4. The molecule has 0 aliphatic rings. The summed E-state index contributed by atoms with van der Waals surface area (Å²) < 4.78 is 0. The lowest BCUT2D eigenvalue weighted by atomic mass is 9.97. The molecule has 4 heteroatoms. The third kappa shape index (κ3) is 5.96. The number of fused-ring (bicyclic) bond motifs is 4. The Morgan fingerprint density at radius 3 is 0.983 bits per heavy atom. The van der Waals surface area contributed by atoms with Gasteiger partial charge in [-0.05, 0) is 55.9 Å². The zero-order valence-electron chi connectivity index (χ0n) is 31.4. The summed E-state index contributed by atoms with van der Waals surface area (Å²) in [7, 11) is 0. The van der Waals surface area contributed by atoms with Crippen LogP contribution in [0.4, 0.5) is 0 Å². The van der Waals surface area contributed by atoms with Gasteiger partial charge < -0.3 is 0 Å². The summed E-state index contributed by atoms with van der Waals surface area (Å²) in [5.41, 5.74) is 12.3. The van der Waals surface area contributed by atoms with Gasteiger partial charge in [0, 0.05) is 33.0 Å². The first-order valence-corrected chi connectivity index (χ1v) is 19.6. The van der Waals surface area contributed by atoms with Crippen LogP contribution in [-0.2, 0) is 0 Å². The second kappa shape index (κ2) is 14.0. The minimum Gasteiger partial charge on any atom is -0.228 e. The van der Waals surface area contributed by atoms with E-state index in [-0.39, 0.29) is 0 Å². The van der Waals surface area contributed by atoms with E-state index in [1.165, 1.54) is 32.7 Å². The van der Waals surface area contributed by atoms with Crippen LogP contribution in [0.1, 0.15) is 0 Å². The lowest BCUT2D eigenvalue weighted by Gasteiger charge is -2.12. The largest absolute Gasteiger partial charge is 0.228 e. The third-order valence-electron chi connectivity index (χ3n) is 11.1. The molecule has 0 bridgehead atoms. The van der Waals surface area contributed by atoms with Gasteiger partial charge >= 0.3 is 0 Å². The first-order chi connectivity index (χ1) is 28.7. The summed E-state index contributed by atoms with van der Waals surface area (Å²) in [6.45, 7) is 0. The topological polar surface area (TPSA) is 51.6 Å². The predicted molar refractivity (Wildman–Crippen MR) is 240 cm³/mol. The van der Waals surface area contributed by atoms with E-state index in [1.807, 2.05) is 24.3 Å². The highest BCUT2D eigenvalue weighted by Gasteiger charge is 2.15. The highest BCUT2D eigenvalue weighted by molar-refractivity contribution is 5.99. The number of hydrogen-bond donors (Lipinski definition) is 0. The molecule has 2 heterocycles. The molecule has 11 rings (SSSR count). The molecule has 11 aromatic rings. The molecule has 58 heavy (non-hydrogen) atoms. The van der Waals surface area contributed by atoms with E-state index in [0.717, 1.165) is 66.6 Å². The number of benzene rings is 9. The molecule has 9 aromatic carbocycles. The van der Waals surface area contributed by atoms with Crippen LogP contribution in [0.3, 0.4) is 0 Å². The Morgan fingerprint density at radius 1 is 0.224 bits per heavy atom. The zero-order chi connectivity index (χ0) is 38.4. The minimum absolute atomic E-state index is 0.695. The Bertz CT molecular complexity index is 3080. The van der Waals surface area contributed by atoms with Gasteiger partial charge in [-0.2, -0.15) is 0 Å². The van der Waals surface area contributed by atoms with Crippen molar-refractivity contribution in [3.05, 3.63) is 206 Å². The Hall–Kier alpha value is -7.82. The van der Waals surface area contributed by atoms with Crippen LogP contribution < -0.4 is 0 Å². The van der Waals surface area contributed by atoms with Crippen LogP contribution in [0, 0.1) is 0 Å². The van der Waals surface area contributed by atoms with Crippen molar-refractivity contribution >= 4 is 43.4 Å². The molecular formula is C54H34N4. The summed E-state index contributed by atoms with van der Waals surface area (Å²) in [5.74, 6) is 1.39. The number of rotatable bonds is 6. The number of hydrogen-bond acceptors (Lipinski definition) is 4. The van der Waals surface area contributed by atoms with Crippen molar-refractivity contribution in [1.29, 1.82) is 0 Å². The van der Waals surface area contributed by atoms with Gasteiger partial charge in [-0.1, -0.05) is 194 Å². The van der Waals surface area contributed by atoms with E-state index < -0.39 is 0 Å². The highest BCUT2D eigenvalue weighted by Crippen LogP contribution is 2.36. The molecule has 0 saturated carbocycles. The van der Waals surface area contributed by atoms with Crippen molar-refractivity contribution in [2.24, 2.45) is 0 Å². The van der Waals surface area contributed by atoms with Crippen molar-refractivity contribution in [1.82, 2.24) is 19.9 Å². The van der Waals surface area contributed by atoms with Crippen LogP contribution >= 0.6 is 0 Å². The quantitative estimate of drug-likeness (QED) is 0.170. The van der Waals surface area contributed by atoms with E-state index in [2.05, 4.69) is 182 Å². The Morgan fingerprint density at radius 2 is 0.552 bits per heavy atom. The summed E-state index contributed by atoms with van der Waals surface area (Å²) in [5, 5.41) is 6.95. The van der Waals surface area contributed by atoms with Crippen LogP contribution in [0.2, 0.25) is 0 Å². The molecule has 0 radical (unpaired) electrons. The summed E-state index contributed by atoms with van der Waals surface area (Å²) in [6, 6.07) is 72.2. The molecule has 0 saturated heterocycles. The molecule has 0 fully saturated rings. The lowest BCUT2D eigenvalue weighted by Crippen LogP contribution is -1.96. The molecule has 0 atom stereocenters. The van der Waals surface area contributed by atoms with E-state index in [1.54, 1.807) is 0 Å². The highest BCUT2D eigenvalue weighted by atomic mass is 14.9. The fourth-order valence-corrected chi connectivity index (χ4v) is 8.19. The summed E-state index contributed by atoms with van der Waals surface area (Å²) in [6.07, 6.45) is 0. The van der Waals surface area contributed by atoms with E-state index in [0.29, 0.717) is 11.6 Å². The van der Waals surface area contributed by atoms with Gasteiger partial charge in [0.05, 0.1) is 22.4 Å². The van der Waals surface area contributed by atoms with Gasteiger partial charge in [0.15, 0.2) is 11.6 Å². The lowest BCUT2D eigenvalue weighted by molar-refractivity contribution is 1.22. The standard InChI is InChI=1S/C54H34N4/c1-3-15-43-35(11-1)13-9-19-45(43)37-23-31-41(32-24-37)53-55-49-21-7-5-17-47(49)51(57-53)39-27-29-40(30-28-39)52-48-18-6-8-22-50(48)56-54(58-52)42-33-25-38(26-34-42)46-20-10-14-36-12-2-4-16-44(36)46/h1-34H. The second-order valence-corrected chi connectivity index (χ2v) is 14.6. The van der Waals surface area contributed by atoms with E-state index in [4.69, 9.17) is 19.9 Å². The average Bonchev–Trinajstić information content (AvgIpc) is 3.30. The van der Waals surface area contributed by atoms with Gasteiger partial charge in [0.2, 0.25) is 0 Å². The number of para-hydroxylation sites is 2. The molecule has 0 unspecified atom stereocenters. The maximum absolute atomic E-state index is 5.21. The Kier molecular flexibility index (Phi) is 8.11. The minimum atomic E-state index is 0.695. The molecule has 0 amide bonds. The van der Waals surface area contributed by atoms with Gasteiger partial charge in [-0.25, -0.2) is 19.9 Å². The molecule has 0 aliphatic heterocycles. The maximum Gasteiger partial charge on any atom is 0.160 e. The molecule has 270 valence electrons. The molecule has 0 aliphatic carbocycles. The summed E-state index contributed by atoms with van der Waals surface area (Å²) in [4.78, 5) is 20.5. The van der Waals surface area contributed by atoms with Gasteiger partial charge in [0.1, 0.15) is 0 Å². The monoisotopic (exact) mass is 738 g/mol. The predicted octanol–water partition coefficient (Wildman–Crippen LogP) is 13.9. The van der Waals surface area contributed by atoms with Crippen molar-refractivity contribution in [2.45, 2.75) is 0 Å². The smallest absolute Gasteiger partial charge is 0.160 e. The fourth-order valence-electron chi connectivity index (χ4n) is 8.19. The summed E-state index contributed by atoms with van der Waals surface area (Å²) >= 11 is 0. The normalized spacial score (nSPS) is 11.4. The first-order valence-electron chi connectivity index (χ1n) is 19.6. The molecule has 2 aromatic heterocycles. The van der Waals surface area contributed by atoms with Crippen LogP contribution in [0.25, 0.3) is 111 Å². The van der Waals surface area contributed by atoms with Gasteiger partial charge in [-0.15, -0.1) is 0 Å². The molecular weight excluding hydrogens is 705 g/mol. The van der Waals surface area contributed by atoms with Crippen molar-refractivity contribution < 1.29 is 0 Å². The van der Waals surface area contributed by atoms with Crippen LogP contribution in [-0.4, -0.2) is 19.9 Å². The first kappa shape index (κ1) is 33.5. The molecule has 4 nitrogen and oxygen atoms in total. The number of aromatic nitrogens is 4. The van der Waals surface area contributed by atoms with Crippen LogP contribution in [0.5, 0.6) is 0 Å². The van der Waals surface area contributed by atoms with Gasteiger partial charge in [-0.3, -0.25) is 0 Å². The second-order valence-electron chi connectivity index (χ2n) is 14.6. The third-order valence-corrected chi connectivity index (χ3v) is 11.1. The van der Waals surface area contributed by atoms with Gasteiger partial charge in [0.25, 0.3) is 0 Å². The Balaban J connectivity index is 0.946. The average molecular weight is 739 g/mol. The van der Waals surface area contributed by atoms with Crippen molar-refractivity contribution in [2.75, 3.05) is 0 Å².